The zero-order chi connectivity index (χ0) is 12.3. The van der Waals surface area contributed by atoms with Gasteiger partial charge in [-0.3, -0.25) is 4.79 Å². The smallest absolute Gasteiger partial charge is 0.223 e. The van der Waals surface area contributed by atoms with Crippen LogP contribution in [0.5, 0.6) is 0 Å². The normalized spacial score (nSPS) is 18.1. The van der Waals surface area contributed by atoms with Crippen LogP contribution in [0.4, 0.5) is 0 Å². The van der Waals surface area contributed by atoms with Crippen LogP contribution < -0.4 is 5.32 Å². The summed E-state index contributed by atoms with van der Waals surface area (Å²) in [6.45, 7) is 7.57. The molecule has 94 valence electrons. The Morgan fingerprint density at radius 3 is 2.88 bits per heavy atom. The molecule has 1 atom stereocenters. The van der Waals surface area contributed by atoms with E-state index >= 15 is 0 Å². The average Bonchev–Trinajstić information content (AvgIpc) is 2.77. The first-order chi connectivity index (χ1) is 8.16. The molecule has 5 heteroatoms. The Morgan fingerprint density at radius 1 is 1.59 bits per heavy atom. The number of thiazole rings is 1. The Balaban J connectivity index is 1.89. The summed E-state index contributed by atoms with van der Waals surface area (Å²) in [7, 11) is 0. The van der Waals surface area contributed by atoms with Crippen molar-refractivity contribution < 1.29 is 4.79 Å². The third kappa shape index (κ3) is 3.26. The number of amides is 1. The summed E-state index contributed by atoms with van der Waals surface area (Å²) in [5.41, 5.74) is 1.05. The summed E-state index contributed by atoms with van der Waals surface area (Å²) in [5, 5.41) is 6.37. The average molecular weight is 253 g/mol. The highest BCUT2D eigenvalue weighted by Gasteiger charge is 2.20. The minimum absolute atomic E-state index is 0.232. The van der Waals surface area contributed by atoms with Crippen molar-refractivity contribution in [1.29, 1.82) is 0 Å². The molecule has 0 bridgehead atoms. The highest BCUT2D eigenvalue weighted by molar-refractivity contribution is 7.09. The summed E-state index contributed by atoms with van der Waals surface area (Å²) in [4.78, 5) is 18.5. The molecule has 1 saturated heterocycles. The van der Waals surface area contributed by atoms with Gasteiger partial charge in [0, 0.05) is 49.6 Å². The van der Waals surface area contributed by atoms with Gasteiger partial charge in [-0.15, -0.1) is 11.3 Å². The molecule has 1 aromatic rings. The van der Waals surface area contributed by atoms with Crippen LogP contribution in [0, 0.1) is 6.92 Å². The van der Waals surface area contributed by atoms with E-state index in [2.05, 4.69) is 17.2 Å². The lowest BCUT2D eigenvalue weighted by atomic mass is 10.1. The van der Waals surface area contributed by atoms with Gasteiger partial charge < -0.3 is 10.2 Å². The minimum Gasteiger partial charge on any atom is -0.340 e. The first-order valence-electron chi connectivity index (χ1n) is 6.07. The van der Waals surface area contributed by atoms with Gasteiger partial charge in [0.15, 0.2) is 0 Å². The van der Waals surface area contributed by atoms with Gasteiger partial charge in [-0.05, 0) is 6.92 Å². The number of rotatable bonds is 3. The van der Waals surface area contributed by atoms with Crippen molar-refractivity contribution in [2.24, 2.45) is 0 Å². The van der Waals surface area contributed by atoms with Gasteiger partial charge in [0.05, 0.1) is 5.01 Å². The monoisotopic (exact) mass is 253 g/mol. The molecule has 1 aliphatic rings. The van der Waals surface area contributed by atoms with Crippen LogP contribution in [-0.4, -0.2) is 42.0 Å². The van der Waals surface area contributed by atoms with Crippen molar-refractivity contribution in [3.05, 3.63) is 16.1 Å². The van der Waals surface area contributed by atoms with Gasteiger partial charge >= 0.3 is 0 Å². The zero-order valence-corrected chi connectivity index (χ0v) is 11.2. The molecule has 2 rings (SSSR count). The molecule has 0 radical (unpaired) electrons. The molecule has 4 nitrogen and oxygen atoms in total. The molecule has 1 aromatic heterocycles. The molecule has 1 N–H and O–H groups in total. The molecule has 2 heterocycles. The first-order valence-corrected chi connectivity index (χ1v) is 6.95. The second kappa shape index (κ2) is 5.60. The lowest BCUT2D eigenvalue weighted by molar-refractivity contribution is -0.132. The highest BCUT2D eigenvalue weighted by Crippen LogP contribution is 2.23. The van der Waals surface area contributed by atoms with Crippen molar-refractivity contribution in [3.63, 3.8) is 0 Å². The molecular formula is C12H19N3OS. The molecule has 0 spiro atoms. The lowest BCUT2D eigenvalue weighted by Gasteiger charge is -2.28. The quantitative estimate of drug-likeness (QED) is 0.885. The molecule has 0 aromatic carbocycles. The Labute approximate surface area is 106 Å². The number of piperazine rings is 1. The number of nitrogens with zero attached hydrogens (tertiary/aromatic N) is 2. The number of aromatic nitrogens is 1. The van der Waals surface area contributed by atoms with Crippen LogP contribution >= 0.6 is 11.3 Å². The van der Waals surface area contributed by atoms with E-state index in [-0.39, 0.29) is 11.8 Å². The van der Waals surface area contributed by atoms with E-state index in [0.717, 1.165) is 36.9 Å². The second-order valence-corrected chi connectivity index (χ2v) is 5.45. The SMILES string of the molecule is Cc1csc(C(C)CC(=O)N2CCNCC2)n1. The Morgan fingerprint density at radius 2 is 2.29 bits per heavy atom. The lowest BCUT2D eigenvalue weighted by Crippen LogP contribution is -2.46. The maximum absolute atomic E-state index is 12.1. The molecule has 0 aliphatic carbocycles. The predicted octanol–water partition coefficient (Wildman–Crippen LogP) is 1.38. The van der Waals surface area contributed by atoms with E-state index in [1.165, 1.54) is 0 Å². The number of hydrogen-bond donors (Lipinski definition) is 1. The van der Waals surface area contributed by atoms with Crippen LogP contribution in [0.2, 0.25) is 0 Å². The van der Waals surface area contributed by atoms with Gasteiger partial charge in [-0.1, -0.05) is 6.92 Å². The van der Waals surface area contributed by atoms with E-state index in [1.54, 1.807) is 11.3 Å². The Kier molecular flexibility index (Phi) is 4.12. The minimum atomic E-state index is 0.232. The standard InChI is InChI=1S/C12H19N3OS/c1-9(12-14-10(2)8-17-12)7-11(16)15-5-3-13-4-6-15/h8-9,13H,3-7H2,1-2H3. The van der Waals surface area contributed by atoms with Crippen molar-refractivity contribution in [2.45, 2.75) is 26.2 Å². The third-order valence-corrected chi connectivity index (χ3v) is 4.20. The number of carbonyl (C=O) groups excluding carboxylic acids is 1. The molecule has 1 aliphatic heterocycles. The maximum Gasteiger partial charge on any atom is 0.223 e. The number of hydrogen-bond acceptors (Lipinski definition) is 4. The van der Waals surface area contributed by atoms with E-state index in [4.69, 9.17) is 0 Å². The molecule has 1 unspecified atom stereocenters. The number of nitrogens with one attached hydrogen (secondary N) is 1. The van der Waals surface area contributed by atoms with Gasteiger partial charge in [0.25, 0.3) is 0 Å². The summed E-state index contributed by atoms with van der Waals surface area (Å²) >= 11 is 1.65. The van der Waals surface area contributed by atoms with Crippen LogP contribution in [0.1, 0.15) is 30.0 Å². The summed E-state index contributed by atoms with van der Waals surface area (Å²) < 4.78 is 0. The first kappa shape index (κ1) is 12.5. The van der Waals surface area contributed by atoms with Crippen molar-refractivity contribution in [2.75, 3.05) is 26.2 Å². The van der Waals surface area contributed by atoms with Gasteiger partial charge in [-0.25, -0.2) is 4.98 Å². The van der Waals surface area contributed by atoms with Crippen LogP contribution in [-0.2, 0) is 4.79 Å². The highest BCUT2D eigenvalue weighted by atomic mass is 32.1. The topological polar surface area (TPSA) is 45.2 Å². The zero-order valence-electron chi connectivity index (χ0n) is 10.4. The van der Waals surface area contributed by atoms with Crippen molar-refractivity contribution >= 4 is 17.2 Å². The van der Waals surface area contributed by atoms with E-state index in [0.29, 0.717) is 6.42 Å². The van der Waals surface area contributed by atoms with Crippen molar-refractivity contribution in [3.8, 4) is 0 Å². The van der Waals surface area contributed by atoms with Gasteiger partial charge in [0.1, 0.15) is 0 Å². The fraction of sp³-hybridized carbons (Fsp3) is 0.667. The van der Waals surface area contributed by atoms with E-state index < -0.39 is 0 Å². The Bertz CT molecular complexity index is 385. The van der Waals surface area contributed by atoms with Crippen molar-refractivity contribution in [1.82, 2.24) is 15.2 Å². The van der Waals surface area contributed by atoms with Crippen LogP contribution in [0.15, 0.2) is 5.38 Å². The van der Waals surface area contributed by atoms with Gasteiger partial charge in [-0.2, -0.15) is 0 Å². The van der Waals surface area contributed by atoms with Gasteiger partial charge in [0.2, 0.25) is 5.91 Å². The second-order valence-electron chi connectivity index (χ2n) is 4.56. The molecule has 17 heavy (non-hydrogen) atoms. The van der Waals surface area contributed by atoms with E-state index in [9.17, 15) is 4.79 Å². The Hall–Kier alpha value is -0.940. The third-order valence-electron chi connectivity index (χ3n) is 3.01. The van der Waals surface area contributed by atoms with Crippen LogP contribution in [0.25, 0.3) is 0 Å². The molecule has 1 fully saturated rings. The summed E-state index contributed by atoms with van der Waals surface area (Å²) in [6.07, 6.45) is 0.576. The maximum atomic E-state index is 12.1. The molecule has 0 saturated carbocycles. The van der Waals surface area contributed by atoms with E-state index in [1.807, 2.05) is 17.2 Å². The fourth-order valence-electron chi connectivity index (χ4n) is 1.99. The summed E-state index contributed by atoms with van der Waals surface area (Å²) in [6, 6.07) is 0. The molecule has 1 amide bonds. The molecular weight excluding hydrogens is 234 g/mol. The number of carbonyl (C=O) groups is 1. The van der Waals surface area contributed by atoms with Crippen LogP contribution in [0.3, 0.4) is 0 Å². The number of aryl methyl sites for hydroxylation is 1. The fourth-order valence-corrected chi connectivity index (χ4v) is 2.85. The summed E-state index contributed by atoms with van der Waals surface area (Å²) in [5.74, 6) is 0.489. The largest absolute Gasteiger partial charge is 0.340 e. The predicted molar refractivity (Wildman–Crippen MR) is 69.3 cm³/mol.